The molecule has 1 unspecified atom stereocenters. The van der Waals surface area contributed by atoms with Gasteiger partial charge < -0.3 is 14.0 Å². The van der Waals surface area contributed by atoms with Gasteiger partial charge in [0.25, 0.3) is 0 Å². The number of quaternary nitrogens is 1. The van der Waals surface area contributed by atoms with Crippen molar-refractivity contribution in [2.24, 2.45) is 0 Å². The number of hydrogen-bond donors (Lipinski definition) is 0. The zero-order valence-corrected chi connectivity index (χ0v) is 27.1. The van der Waals surface area contributed by atoms with E-state index >= 15 is 0 Å². The number of carbonyl (C=O) groups is 2. The Bertz CT molecular complexity index is 1110. The first-order valence-corrected chi connectivity index (χ1v) is 16.4. The first kappa shape index (κ1) is 37.3. The van der Waals surface area contributed by atoms with Crippen LogP contribution in [0.1, 0.15) is 101 Å². The average molecular weight is 621 g/mol. The van der Waals surface area contributed by atoms with Crippen LogP contribution in [0.2, 0.25) is 0 Å². The fourth-order valence-corrected chi connectivity index (χ4v) is 5.43. The maximum Gasteiger partial charge on any atom is 0.449 e. The molecule has 5 nitrogen and oxygen atoms in total. The summed E-state index contributed by atoms with van der Waals surface area (Å²) in [6.07, 6.45) is 7.62. The van der Waals surface area contributed by atoms with Gasteiger partial charge in [-0.25, -0.2) is 4.79 Å². The zero-order valence-electron chi connectivity index (χ0n) is 27.1. The first-order chi connectivity index (χ1) is 21.1. The van der Waals surface area contributed by atoms with Crippen LogP contribution in [0.5, 0.6) is 5.75 Å². The number of likely N-dealkylation sites (N-methyl/N-ethyl adjacent to an activating group) is 1. The minimum absolute atomic E-state index is 0.00771. The number of hydrogen-bond acceptors (Lipinski definition) is 4. The van der Waals surface area contributed by atoms with E-state index in [1.165, 1.54) is 51.4 Å². The van der Waals surface area contributed by atoms with Crippen molar-refractivity contribution >= 4 is 11.8 Å². The molecule has 2 rings (SSSR count). The number of aryl methyl sites for hydroxylation is 1. The quantitative estimate of drug-likeness (QED) is 0.0709. The van der Waals surface area contributed by atoms with Crippen LogP contribution < -0.4 is 4.74 Å². The maximum absolute atomic E-state index is 12.7. The Kier molecular flexibility index (Phi) is 17.1. The fourth-order valence-electron chi connectivity index (χ4n) is 5.43. The highest BCUT2D eigenvalue weighted by molar-refractivity contribution is 5.84. The van der Waals surface area contributed by atoms with E-state index in [0.717, 1.165) is 30.5 Å². The molecule has 0 saturated carbocycles. The van der Waals surface area contributed by atoms with Crippen LogP contribution in [-0.2, 0) is 27.2 Å². The van der Waals surface area contributed by atoms with E-state index < -0.39 is 18.4 Å². The van der Waals surface area contributed by atoms with Crippen LogP contribution >= 0.6 is 0 Å². The van der Waals surface area contributed by atoms with Crippen molar-refractivity contribution in [2.45, 2.75) is 103 Å². The Hall–Kier alpha value is -2.87. The zero-order chi connectivity index (χ0) is 32.3. The molecule has 0 radical (unpaired) electrons. The third-order valence-corrected chi connectivity index (χ3v) is 8.08. The van der Waals surface area contributed by atoms with E-state index in [2.05, 4.69) is 14.0 Å². The average Bonchev–Trinajstić information content (AvgIpc) is 2.98. The number of carbonyl (C=O) groups excluding carboxylic acids is 2. The van der Waals surface area contributed by atoms with Crippen molar-refractivity contribution in [2.75, 3.05) is 39.9 Å². The van der Waals surface area contributed by atoms with Crippen molar-refractivity contribution in [3.05, 3.63) is 65.2 Å². The van der Waals surface area contributed by atoms with Crippen LogP contribution in [-0.4, -0.2) is 62.3 Å². The number of esters is 1. The molecule has 8 heteroatoms. The number of Topliss-reactive ketones (excluding diaryl/α,β-unsaturated/α-hetero) is 1. The summed E-state index contributed by atoms with van der Waals surface area (Å²) in [6.45, 7) is 6.51. The molecule has 0 saturated heterocycles. The lowest BCUT2D eigenvalue weighted by Gasteiger charge is -2.33. The number of halogens is 3. The van der Waals surface area contributed by atoms with Gasteiger partial charge >= 0.3 is 12.1 Å². The van der Waals surface area contributed by atoms with Crippen molar-refractivity contribution < 1.29 is 36.7 Å². The lowest BCUT2D eigenvalue weighted by molar-refractivity contribution is -0.902. The minimum Gasteiger partial charge on any atom is -0.487 e. The fraction of sp³-hybridized carbons (Fsp3) is 0.611. The van der Waals surface area contributed by atoms with Crippen LogP contribution in [0.4, 0.5) is 13.2 Å². The molecule has 0 spiro atoms. The summed E-state index contributed by atoms with van der Waals surface area (Å²) in [7, 11) is 2.07. The number of unbranched alkanes of at least 4 members (excludes halogenated alkanes) is 9. The van der Waals surface area contributed by atoms with Crippen molar-refractivity contribution in [1.29, 1.82) is 0 Å². The molecule has 1 atom stereocenters. The number of benzene rings is 2. The third kappa shape index (κ3) is 15.2. The highest BCUT2D eigenvalue weighted by Crippen LogP contribution is 2.26. The summed E-state index contributed by atoms with van der Waals surface area (Å²) < 4.78 is 50.3. The van der Waals surface area contributed by atoms with Crippen molar-refractivity contribution in [3.8, 4) is 5.75 Å². The summed E-state index contributed by atoms with van der Waals surface area (Å²) in [4.78, 5) is 23.9. The minimum atomic E-state index is -4.82. The molecule has 0 bridgehead atoms. The number of alkyl halides is 3. The van der Waals surface area contributed by atoms with Gasteiger partial charge in [0.2, 0.25) is 5.78 Å². The van der Waals surface area contributed by atoms with E-state index in [9.17, 15) is 22.8 Å². The summed E-state index contributed by atoms with van der Waals surface area (Å²) in [5, 5.41) is 0. The van der Waals surface area contributed by atoms with Gasteiger partial charge in [-0.05, 0) is 48.9 Å². The number of rotatable bonds is 23. The van der Waals surface area contributed by atoms with Crippen molar-refractivity contribution in [1.82, 2.24) is 0 Å². The molecule has 2 aromatic rings. The predicted molar refractivity (Wildman–Crippen MR) is 170 cm³/mol. The maximum atomic E-state index is 12.7. The van der Waals surface area contributed by atoms with Gasteiger partial charge in [-0.1, -0.05) is 101 Å². The predicted octanol–water partition coefficient (Wildman–Crippen LogP) is 8.65. The molecule has 0 heterocycles. The van der Waals surface area contributed by atoms with E-state index in [4.69, 9.17) is 9.47 Å². The van der Waals surface area contributed by atoms with Crippen LogP contribution in [0.25, 0.3) is 0 Å². The monoisotopic (exact) mass is 620 g/mol. The Balaban J connectivity index is 2.00. The number of ketones is 1. The van der Waals surface area contributed by atoms with Crippen LogP contribution in [0.15, 0.2) is 48.5 Å². The summed E-state index contributed by atoms with van der Waals surface area (Å²) in [5.41, 5.74) is 2.55. The largest absolute Gasteiger partial charge is 0.487 e. The van der Waals surface area contributed by atoms with Gasteiger partial charge in [0.15, 0.2) is 6.54 Å². The molecule has 0 N–H and O–H groups in total. The second kappa shape index (κ2) is 20.2. The normalized spacial score (nSPS) is 13.0. The Morgan fingerprint density at radius 1 is 0.795 bits per heavy atom. The highest BCUT2D eigenvalue weighted by Gasteiger charge is 2.37. The van der Waals surface area contributed by atoms with Gasteiger partial charge in [-0.15, -0.1) is 0 Å². The van der Waals surface area contributed by atoms with E-state index in [1.807, 2.05) is 43.3 Å². The Morgan fingerprint density at radius 2 is 1.43 bits per heavy atom. The van der Waals surface area contributed by atoms with Gasteiger partial charge in [-0.3, -0.25) is 4.79 Å². The second-order valence-electron chi connectivity index (χ2n) is 12.1. The van der Waals surface area contributed by atoms with Gasteiger partial charge in [0.1, 0.15) is 18.9 Å². The van der Waals surface area contributed by atoms with Crippen molar-refractivity contribution in [3.63, 3.8) is 0 Å². The smallest absolute Gasteiger partial charge is 0.449 e. The van der Waals surface area contributed by atoms with Gasteiger partial charge in [0.05, 0.1) is 20.2 Å². The molecule has 2 aromatic carbocycles. The highest BCUT2D eigenvalue weighted by atomic mass is 19.4. The summed E-state index contributed by atoms with van der Waals surface area (Å²) in [5.74, 6) is -1.28. The second-order valence-corrected chi connectivity index (χ2v) is 12.1. The number of nitrogens with zero attached hydrogens (tertiary/aromatic N) is 1. The first-order valence-electron chi connectivity index (χ1n) is 16.4. The van der Waals surface area contributed by atoms with E-state index in [0.29, 0.717) is 42.0 Å². The van der Waals surface area contributed by atoms with Crippen LogP contribution in [0.3, 0.4) is 0 Å². The molecular formula is C36H53F3NO4+. The van der Waals surface area contributed by atoms with Crippen LogP contribution in [0, 0.1) is 0 Å². The Morgan fingerprint density at radius 3 is 2.05 bits per heavy atom. The molecule has 0 fully saturated rings. The lowest BCUT2D eigenvalue weighted by Crippen LogP contribution is -2.51. The third-order valence-electron chi connectivity index (χ3n) is 8.08. The molecular weight excluding hydrogens is 567 g/mol. The topological polar surface area (TPSA) is 52.6 Å². The lowest BCUT2D eigenvalue weighted by atomic mass is 9.99. The molecule has 0 aliphatic rings. The molecule has 0 aliphatic heterocycles. The van der Waals surface area contributed by atoms with E-state index in [1.54, 1.807) is 12.1 Å². The Labute approximate surface area is 262 Å². The van der Waals surface area contributed by atoms with Gasteiger partial charge in [0, 0.05) is 12.8 Å². The molecule has 246 valence electrons. The SMILES string of the molecule is CCCCCCCCCCCC[N+](C)(CCOc1ccc(CCC(=O)C(F)(F)F)cc1Cc1ccccc1)CC(=O)OCC. The molecule has 0 aromatic heterocycles. The van der Waals surface area contributed by atoms with E-state index in [-0.39, 0.29) is 18.9 Å². The molecule has 0 aliphatic carbocycles. The summed E-state index contributed by atoms with van der Waals surface area (Å²) >= 11 is 0. The molecule has 44 heavy (non-hydrogen) atoms. The number of ether oxygens (including phenoxy) is 2. The summed E-state index contributed by atoms with van der Waals surface area (Å²) in [6, 6.07) is 15.1. The standard InChI is InChI=1S/C36H53F3NO4/c1-4-6-7-8-9-10-11-12-13-17-24-40(3,29-35(42)43-5-2)25-26-44-33-22-20-31(21-23-34(41)36(37,38)39)28-32(33)27-30-18-15-14-16-19-30/h14-16,18-20,22,28H,4-13,17,21,23-27,29H2,1-3H3/q+1. The molecule has 0 amide bonds. The van der Waals surface area contributed by atoms with Gasteiger partial charge in [-0.2, -0.15) is 13.2 Å².